The van der Waals surface area contributed by atoms with Crippen LogP contribution in [0.1, 0.15) is 12.5 Å². The van der Waals surface area contributed by atoms with Crippen LogP contribution < -0.4 is 5.48 Å². The summed E-state index contributed by atoms with van der Waals surface area (Å²) in [4.78, 5) is 30.2. The Kier molecular flexibility index (Phi) is 6.22. The van der Waals surface area contributed by atoms with Crippen LogP contribution in [0.5, 0.6) is 0 Å². The predicted molar refractivity (Wildman–Crippen MR) is 115 cm³/mol. The van der Waals surface area contributed by atoms with Crippen LogP contribution in [0.3, 0.4) is 0 Å². The Bertz CT molecular complexity index is 919. The maximum atomic E-state index is 12.8. The first kappa shape index (κ1) is 21.3. The third-order valence-electron chi connectivity index (χ3n) is 6.10. The Labute approximate surface area is 181 Å². The number of carbonyl (C=O) groups is 2. The van der Waals surface area contributed by atoms with Crippen LogP contribution in [0, 0.1) is 0 Å². The quantitative estimate of drug-likeness (QED) is 0.483. The number of aliphatic hydroxyl groups excluding tert-OH is 1. The number of piperazine rings is 1. The number of hydrogen-bond acceptors (Lipinski definition) is 5. The number of fused-ring (bicyclic) bond motifs is 1. The Hall–Kier alpha value is -2.94. The number of benzene rings is 2. The molecule has 0 bridgehead atoms. The zero-order valence-corrected chi connectivity index (χ0v) is 17.5. The highest BCUT2D eigenvalue weighted by Crippen LogP contribution is 2.25. The molecule has 2 saturated heterocycles. The van der Waals surface area contributed by atoms with Gasteiger partial charge in [0.1, 0.15) is 6.04 Å². The van der Waals surface area contributed by atoms with E-state index in [0.717, 1.165) is 13.1 Å². The molecule has 4 rings (SSSR count). The van der Waals surface area contributed by atoms with E-state index >= 15 is 0 Å². The first-order valence-electron chi connectivity index (χ1n) is 10.5. The lowest BCUT2D eigenvalue weighted by Gasteiger charge is -2.36. The highest BCUT2D eigenvalue weighted by Gasteiger charge is 2.46. The van der Waals surface area contributed by atoms with Crippen molar-refractivity contribution in [3.63, 3.8) is 0 Å². The summed E-state index contributed by atoms with van der Waals surface area (Å²) in [5, 5.41) is 19.0. The molecule has 31 heavy (non-hydrogen) atoms. The lowest BCUT2D eigenvalue weighted by molar-refractivity contribution is -0.137. The second-order valence-electron chi connectivity index (χ2n) is 8.24. The lowest BCUT2D eigenvalue weighted by atomic mass is 10.0. The highest BCUT2D eigenvalue weighted by atomic mass is 16.5. The maximum absolute atomic E-state index is 12.8. The zero-order chi connectivity index (χ0) is 22.0. The van der Waals surface area contributed by atoms with Crippen molar-refractivity contribution in [2.45, 2.75) is 31.7 Å². The summed E-state index contributed by atoms with van der Waals surface area (Å²) in [6.45, 7) is 4.55. The fourth-order valence-electron chi connectivity index (χ4n) is 4.55. The second-order valence-corrected chi connectivity index (χ2v) is 8.24. The van der Waals surface area contributed by atoms with Gasteiger partial charge in [-0.2, -0.15) is 0 Å². The van der Waals surface area contributed by atoms with E-state index in [2.05, 4.69) is 41.3 Å². The van der Waals surface area contributed by atoms with Gasteiger partial charge in [-0.1, -0.05) is 54.6 Å². The van der Waals surface area contributed by atoms with Gasteiger partial charge in [0.25, 0.3) is 5.91 Å². The van der Waals surface area contributed by atoms with Crippen molar-refractivity contribution >= 4 is 11.9 Å². The van der Waals surface area contributed by atoms with Gasteiger partial charge in [-0.15, -0.1) is 0 Å². The van der Waals surface area contributed by atoms with Crippen LogP contribution in [0.4, 0.5) is 4.79 Å². The number of rotatable bonds is 6. The Morgan fingerprint density at radius 2 is 1.74 bits per heavy atom. The molecule has 164 valence electrons. The van der Waals surface area contributed by atoms with E-state index in [-0.39, 0.29) is 12.1 Å². The molecule has 1 unspecified atom stereocenters. The Morgan fingerprint density at radius 1 is 1.06 bits per heavy atom. The molecule has 2 aromatic rings. The van der Waals surface area contributed by atoms with Gasteiger partial charge in [0.2, 0.25) is 0 Å². The molecular weight excluding hydrogens is 396 g/mol. The summed E-state index contributed by atoms with van der Waals surface area (Å²) in [5.74, 6) is -0.779. The molecule has 3 atom stereocenters. The van der Waals surface area contributed by atoms with Crippen molar-refractivity contribution in [3.05, 3.63) is 60.2 Å². The standard InChI is InChI=1S/C23H28N4O4/c1-16(28)21(22(29)24-31)27-15-20-14-25(11-12-26(20)23(27)30)13-17-7-9-19(10-8-17)18-5-3-2-4-6-18/h2-10,16,20-21,28,31H,11-15H2,1H3,(H,24,29)/t16-,20?,21+/m1/s1. The van der Waals surface area contributed by atoms with Crippen LogP contribution in [0.2, 0.25) is 0 Å². The van der Waals surface area contributed by atoms with E-state index in [1.54, 1.807) is 10.4 Å². The van der Waals surface area contributed by atoms with E-state index in [1.165, 1.54) is 28.5 Å². The van der Waals surface area contributed by atoms with Crippen LogP contribution in [0.25, 0.3) is 11.1 Å². The van der Waals surface area contributed by atoms with E-state index in [0.29, 0.717) is 19.6 Å². The molecule has 2 heterocycles. The second kappa shape index (κ2) is 9.05. The molecule has 0 aliphatic carbocycles. The summed E-state index contributed by atoms with van der Waals surface area (Å²) in [5.41, 5.74) is 5.13. The Balaban J connectivity index is 1.40. The largest absolute Gasteiger partial charge is 0.391 e. The lowest BCUT2D eigenvalue weighted by Crippen LogP contribution is -2.53. The SMILES string of the molecule is C[C@@H](O)[C@@H](C(=O)NO)N1CC2CN(Cc3ccc(-c4ccccc4)cc3)CCN2C1=O. The molecule has 0 spiro atoms. The molecule has 8 nitrogen and oxygen atoms in total. The summed E-state index contributed by atoms with van der Waals surface area (Å²) >= 11 is 0. The van der Waals surface area contributed by atoms with Gasteiger partial charge in [0, 0.05) is 32.7 Å². The maximum Gasteiger partial charge on any atom is 0.321 e. The van der Waals surface area contributed by atoms with Gasteiger partial charge in [-0.3, -0.25) is 14.9 Å². The third kappa shape index (κ3) is 4.41. The van der Waals surface area contributed by atoms with Crippen molar-refractivity contribution in [2.24, 2.45) is 0 Å². The molecule has 0 radical (unpaired) electrons. The van der Waals surface area contributed by atoms with Crippen LogP contribution in [0.15, 0.2) is 54.6 Å². The highest BCUT2D eigenvalue weighted by molar-refractivity contribution is 5.88. The van der Waals surface area contributed by atoms with Crippen LogP contribution >= 0.6 is 0 Å². The minimum Gasteiger partial charge on any atom is -0.391 e. The van der Waals surface area contributed by atoms with Gasteiger partial charge in [-0.05, 0) is 23.6 Å². The summed E-state index contributed by atoms with van der Waals surface area (Å²) in [7, 11) is 0. The van der Waals surface area contributed by atoms with Crippen molar-refractivity contribution in [3.8, 4) is 11.1 Å². The molecule has 3 amide bonds. The molecule has 0 aromatic heterocycles. The van der Waals surface area contributed by atoms with E-state index in [9.17, 15) is 14.7 Å². The van der Waals surface area contributed by atoms with Crippen LogP contribution in [-0.2, 0) is 11.3 Å². The minimum absolute atomic E-state index is 0.0578. The van der Waals surface area contributed by atoms with Crippen molar-refractivity contribution in [1.29, 1.82) is 0 Å². The van der Waals surface area contributed by atoms with Gasteiger partial charge < -0.3 is 14.9 Å². The molecular formula is C23H28N4O4. The summed E-state index contributed by atoms with van der Waals surface area (Å²) in [6, 6.07) is 17.3. The molecule has 2 fully saturated rings. The number of hydrogen-bond donors (Lipinski definition) is 3. The smallest absolute Gasteiger partial charge is 0.321 e. The summed E-state index contributed by atoms with van der Waals surface area (Å²) in [6.07, 6.45) is -1.09. The van der Waals surface area contributed by atoms with Gasteiger partial charge >= 0.3 is 6.03 Å². The summed E-state index contributed by atoms with van der Waals surface area (Å²) < 4.78 is 0. The molecule has 8 heteroatoms. The average Bonchev–Trinajstić information content (AvgIpc) is 3.10. The van der Waals surface area contributed by atoms with E-state index in [4.69, 9.17) is 5.21 Å². The number of nitrogens with one attached hydrogen (secondary N) is 1. The monoisotopic (exact) mass is 424 g/mol. The van der Waals surface area contributed by atoms with Crippen molar-refractivity contribution in [2.75, 3.05) is 26.2 Å². The molecule has 3 N–H and O–H groups in total. The fraction of sp³-hybridized carbons (Fsp3) is 0.391. The molecule has 2 aliphatic rings. The zero-order valence-electron chi connectivity index (χ0n) is 17.5. The fourth-order valence-corrected chi connectivity index (χ4v) is 4.55. The van der Waals surface area contributed by atoms with Crippen molar-refractivity contribution < 1.29 is 19.9 Å². The topological polar surface area (TPSA) is 96.3 Å². The third-order valence-corrected chi connectivity index (χ3v) is 6.10. The molecule has 2 aromatic carbocycles. The number of aliphatic hydroxyl groups is 1. The first-order chi connectivity index (χ1) is 15.0. The number of carbonyl (C=O) groups excluding carboxylic acids is 2. The predicted octanol–water partition coefficient (Wildman–Crippen LogP) is 1.53. The van der Waals surface area contributed by atoms with Gasteiger partial charge in [0.15, 0.2) is 0 Å². The van der Waals surface area contributed by atoms with E-state index < -0.39 is 18.1 Å². The molecule has 2 aliphatic heterocycles. The number of hydroxylamine groups is 1. The normalized spacial score (nSPS) is 21.0. The van der Waals surface area contributed by atoms with Crippen LogP contribution in [-0.4, -0.2) is 81.3 Å². The average molecular weight is 425 g/mol. The molecule has 0 saturated carbocycles. The van der Waals surface area contributed by atoms with E-state index in [1.807, 2.05) is 18.2 Å². The number of urea groups is 1. The first-order valence-corrected chi connectivity index (χ1v) is 10.5. The number of nitrogens with zero attached hydrogens (tertiary/aromatic N) is 3. The van der Waals surface area contributed by atoms with Crippen molar-refractivity contribution in [1.82, 2.24) is 20.2 Å². The number of amides is 3. The Morgan fingerprint density at radius 3 is 2.39 bits per heavy atom. The minimum atomic E-state index is -1.11. The van der Waals surface area contributed by atoms with Gasteiger partial charge in [0.05, 0.1) is 12.1 Å². The van der Waals surface area contributed by atoms with Gasteiger partial charge in [-0.25, -0.2) is 10.3 Å².